The van der Waals surface area contributed by atoms with E-state index < -0.39 is 21.4 Å². The monoisotopic (exact) mass is 252 g/mol. The Labute approximate surface area is 75.8 Å². The summed E-state index contributed by atoms with van der Waals surface area (Å²) in [6, 6.07) is 8.35. The molecule has 2 aromatic rings. The molecule has 0 fully saturated rings. The van der Waals surface area contributed by atoms with E-state index in [0.29, 0.717) is 0 Å². The van der Waals surface area contributed by atoms with Gasteiger partial charge in [-0.25, -0.2) is 0 Å². The van der Waals surface area contributed by atoms with Crippen molar-refractivity contribution in [3.05, 3.63) is 30.5 Å². The zero-order valence-electron chi connectivity index (χ0n) is 6.28. The van der Waals surface area contributed by atoms with Crippen LogP contribution in [0.2, 0.25) is 4.94 Å². The molecule has 2 nitrogen and oxygen atoms in total. The van der Waals surface area contributed by atoms with Crippen LogP contribution in [-0.4, -0.2) is 29.4 Å². The molecule has 0 saturated heterocycles. The minimum absolute atomic E-state index is 0.434. The number of hydrogen-bond donors (Lipinski definition) is 0. The van der Waals surface area contributed by atoms with Crippen LogP contribution in [-0.2, 0) is 0 Å². The molecule has 1 aromatic heterocycles. The number of benzene rings is 1. The summed E-state index contributed by atoms with van der Waals surface area (Å²) in [5.41, 5.74) is 1.29. The van der Waals surface area contributed by atoms with Crippen LogP contribution in [0.3, 0.4) is 0 Å². The topological polar surface area (TPSA) is 17.8 Å². The summed E-state index contributed by atoms with van der Waals surface area (Å²) in [5, 5.41) is 5.57. The summed E-state index contributed by atoms with van der Waals surface area (Å²) in [7, 11) is 0. The Morgan fingerprint density at radius 3 is 3.00 bits per heavy atom. The molecule has 0 N–H and O–H groups in total. The second-order valence-electron chi connectivity index (χ2n) is 2.34. The summed E-state index contributed by atoms with van der Waals surface area (Å²) in [6.07, 6.45) is 1.94. The third-order valence-electron chi connectivity index (χ3n) is 1.69. The molecule has 3 heteroatoms. The number of hydrogen-bond acceptors (Lipinski definition) is 1. The molecule has 11 heavy (non-hydrogen) atoms. The Kier molecular flexibility index (Phi) is 1.85. The molecule has 2 radical (unpaired) electrons. The van der Waals surface area contributed by atoms with Gasteiger partial charge in [0.1, 0.15) is 0 Å². The Balaban J connectivity index is 2.76. The molecule has 0 aliphatic rings. The number of fused-ring (bicyclic) bond motifs is 1. The molecule has 0 unspecified atom stereocenters. The first-order valence-corrected chi connectivity index (χ1v) is 7.65. The van der Waals surface area contributed by atoms with Gasteiger partial charge in [-0.2, -0.15) is 0 Å². The van der Waals surface area contributed by atoms with Crippen molar-refractivity contribution < 1.29 is 0 Å². The van der Waals surface area contributed by atoms with E-state index in [2.05, 4.69) is 37.2 Å². The Morgan fingerprint density at radius 2 is 2.18 bits per heavy atom. The van der Waals surface area contributed by atoms with E-state index >= 15 is 0 Å². The van der Waals surface area contributed by atoms with Crippen molar-refractivity contribution in [1.29, 1.82) is 0 Å². The van der Waals surface area contributed by atoms with E-state index in [1.807, 2.05) is 6.20 Å². The van der Waals surface area contributed by atoms with Crippen LogP contribution >= 0.6 is 0 Å². The fraction of sp³-hybridized carbons (Fsp3) is 0.125. The molecule has 0 amide bonds. The number of para-hydroxylation sites is 1. The summed E-state index contributed by atoms with van der Waals surface area (Å²) in [4.78, 5) is 2.27. The van der Waals surface area contributed by atoms with Gasteiger partial charge in [0.05, 0.1) is 0 Å². The van der Waals surface area contributed by atoms with Crippen molar-refractivity contribution in [3.63, 3.8) is 0 Å². The molecule has 1 heterocycles. The molecule has 1 aromatic carbocycles. The van der Waals surface area contributed by atoms with E-state index in [1.54, 1.807) is 0 Å². The first-order chi connectivity index (χ1) is 5.42. The van der Waals surface area contributed by atoms with Crippen molar-refractivity contribution in [1.82, 2.24) is 8.00 Å². The van der Waals surface area contributed by atoms with E-state index in [0.717, 1.165) is 0 Å². The maximum atomic E-state index is 4.31. The quantitative estimate of drug-likeness (QED) is 0.703. The van der Waals surface area contributed by atoms with Crippen molar-refractivity contribution in [2.45, 2.75) is 4.94 Å². The fourth-order valence-corrected chi connectivity index (χ4v) is 2.91. The first kappa shape index (κ1) is 7.15. The van der Waals surface area contributed by atoms with Crippen LogP contribution in [0.15, 0.2) is 30.5 Å². The molecule has 0 atom stereocenters. The second-order valence-corrected chi connectivity index (χ2v) is 4.82. The predicted molar refractivity (Wildman–Crippen MR) is 46.7 cm³/mol. The van der Waals surface area contributed by atoms with Crippen LogP contribution in [0.4, 0.5) is 0 Å². The molecule has 54 valence electrons. The molecule has 0 aliphatic heterocycles. The average molecular weight is 251 g/mol. The predicted octanol–water partition coefficient (Wildman–Crippen LogP) is 1.55. The zero-order chi connectivity index (χ0) is 7.68. The van der Waals surface area contributed by atoms with Crippen molar-refractivity contribution in [2.24, 2.45) is 0 Å². The molecule has 0 saturated carbocycles. The number of aromatic nitrogens is 2. The Morgan fingerprint density at radius 1 is 1.36 bits per heavy atom. The third-order valence-corrected chi connectivity index (χ3v) is 3.92. The van der Waals surface area contributed by atoms with Gasteiger partial charge in [0.2, 0.25) is 0 Å². The van der Waals surface area contributed by atoms with Gasteiger partial charge in [-0.05, 0) is 0 Å². The fourth-order valence-electron chi connectivity index (χ4n) is 1.15. The minimum atomic E-state index is -0.434. The molecule has 0 bridgehead atoms. The Bertz CT molecular complexity index is 367. The SMILES string of the molecule is [CH3][Sn][n]1ncc2ccccc21. The van der Waals surface area contributed by atoms with Crippen molar-refractivity contribution in [2.75, 3.05) is 0 Å². The van der Waals surface area contributed by atoms with Crippen LogP contribution < -0.4 is 0 Å². The van der Waals surface area contributed by atoms with Gasteiger partial charge >= 0.3 is 75.7 Å². The summed E-state index contributed by atoms with van der Waals surface area (Å²) >= 11 is -0.434. The summed E-state index contributed by atoms with van der Waals surface area (Å²) in [5.74, 6) is 0. The van der Waals surface area contributed by atoms with Gasteiger partial charge < -0.3 is 0 Å². The second kappa shape index (κ2) is 2.85. The van der Waals surface area contributed by atoms with E-state index in [1.165, 1.54) is 10.9 Å². The van der Waals surface area contributed by atoms with Gasteiger partial charge in [-0.1, -0.05) is 0 Å². The zero-order valence-corrected chi connectivity index (χ0v) is 9.14. The Hall–Kier alpha value is -0.511. The average Bonchev–Trinajstić information content (AvgIpc) is 2.47. The molecular weight excluding hydrogens is 243 g/mol. The van der Waals surface area contributed by atoms with Gasteiger partial charge in [0.25, 0.3) is 0 Å². The van der Waals surface area contributed by atoms with Gasteiger partial charge in [0, 0.05) is 0 Å². The summed E-state index contributed by atoms with van der Waals surface area (Å²) in [6.45, 7) is 0. The van der Waals surface area contributed by atoms with E-state index in [4.69, 9.17) is 0 Å². The number of rotatable bonds is 1. The van der Waals surface area contributed by atoms with Crippen LogP contribution in [0.25, 0.3) is 10.9 Å². The number of nitrogens with zero attached hydrogens (tertiary/aromatic N) is 2. The van der Waals surface area contributed by atoms with E-state index in [-0.39, 0.29) is 0 Å². The molecule has 2 rings (SSSR count). The maximum absolute atomic E-state index is 4.31. The van der Waals surface area contributed by atoms with Crippen molar-refractivity contribution in [3.8, 4) is 0 Å². The van der Waals surface area contributed by atoms with Crippen molar-refractivity contribution >= 4 is 32.3 Å². The molecule has 0 spiro atoms. The van der Waals surface area contributed by atoms with E-state index in [9.17, 15) is 0 Å². The molecular formula is C8H8N2Sn. The van der Waals surface area contributed by atoms with Gasteiger partial charge in [-0.3, -0.25) is 0 Å². The van der Waals surface area contributed by atoms with Gasteiger partial charge in [0.15, 0.2) is 0 Å². The summed E-state index contributed by atoms with van der Waals surface area (Å²) < 4.78 is 2.17. The standard InChI is InChI=1S/C7H5N2.CH3.Sn/c1-2-4-7-6(3-1)5-8-9-7;;/h1-5H;1H3;/q-1;;+1. The van der Waals surface area contributed by atoms with Gasteiger partial charge in [-0.15, -0.1) is 0 Å². The normalized spacial score (nSPS) is 10.6. The van der Waals surface area contributed by atoms with Crippen LogP contribution in [0.5, 0.6) is 0 Å². The third kappa shape index (κ3) is 1.15. The first-order valence-electron chi connectivity index (χ1n) is 3.52. The van der Waals surface area contributed by atoms with Crippen LogP contribution in [0, 0.1) is 0 Å². The van der Waals surface area contributed by atoms with Crippen LogP contribution in [0.1, 0.15) is 0 Å². The molecule has 0 aliphatic carbocycles.